The lowest BCUT2D eigenvalue weighted by Gasteiger charge is -2.47. The molecule has 1 aliphatic rings. The highest BCUT2D eigenvalue weighted by molar-refractivity contribution is 4.94. The van der Waals surface area contributed by atoms with E-state index in [0.29, 0.717) is 12.6 Å². The molecule has 0 amide bonds. The zero-order valence-electron chi connectivity index (χ0n) is 12.6. The lowest BCUT2D eigenvalue weighted by molar-refractivity contribution is -0.0138. The van der Waals surface area contributed by atoms with Crippen LogP contribution in [-0.2, 0) is 4.74 Å². The van der Waals surface area contributed by atoms with Crippen LogP contribution in [0.5, 0.6) is 0 Å². The second kappa shape index (κ2) is 7.43. The van der Waals surface area contributed by atoms with Gasteiger partial charge in [-0.05, 0) is 45.9 Å². The number of likely N-dealkylation sites (N-methyl/N-ethyl adjacent to an activating group) is 1. The van der Waals surface area contributed by atoms with Crippen molar-refractivity contribution < 1.29 is 4.74 Å². The van der Waals surface area contributed by atoms with Crippen molar-refractivity contribution >= 4 is 0 Å². The fourth-order valence-corrected chi connectivity index (χ4v) is 3.08. The van der Waals surface area contributed by atoms with Gasteiger partial charge in [0.05, 0.1) is 12.1 Å². The van der Waals surface area contributed by atoms with Crippen LogP contribution >= 0.6 is 0 Å². The van der Waals surface area contributed by atoms with E-state index >= 15 is 0 Å². The predicted octanol–water partition coefficient (Wildman–Crippen LogP) is 1.16. The number of methoxy groups -OCH3 is 1. The van der Waals surface area contributed by atoms with E-state index in [1.54, 1.807) is 7.11 Å². The van der Waals surface area contributed by atoms with E-state index in [0.717, 1.165) is 13.0 Å². The third kappa shape index (κ3) is 3.44. The molecule has 0 spiro atoms. The maximum absolute atomic E-state index is 6.03. The molecule has 1 unspecified atom stereocenters. The highest BCUT2D eigenvalue weighted by atomic mass is 16.5. The Bertz CT molecular complexity index is 223. The zero-order valence-corrected chi connectivity index (χ0v) is 12.6. The Morgan fingerprint density at radius 3 is 2.33 bits per heavy atom. The number of nitrogens with zero attached hydrogens (tertiary/aromatic N) is 2. The average Bonchev–Trinajstić information content (AvgIpc) is 2.44. The second-order valence-electron chi connectivity index (χ2n) is 5.49. The summed E-state index contributed by atoms with van der Waals surface area (Å²) in [6, 6.07) is 0.645. The number of nitrogens with two attached hydrogens (primary N) is 1. The summed E-state index contributed by atoms with van der Waals surface area (Å²) in [5.74, 6) is 0. The zero-order chi connectivity index (χ0) is 13.6. The summed E-state index contributed by atoms with van der Waals surface area (Å²) in [4.78, 5) is 5.01. The highest BCUT2D eigenvalue weighted by Gasteiger charge is 2.36. The summed E-state index contributed by atoms with van der Waals surface area (Å²) in [5.41, 5.74) is 6.04. The smallest absolute Gasteiger partial charge is 0.0658 e. The van der Waals surface area contributed by atoms with Crippen LogP contribution < -0.4 is 5.73 Å². The van der Waals surface area contributed by atoms with Crippen molar-refractivity contribution in [2.45, 2.75) is 44.7 Å². The van der Waals surface area contributed by atoms with E-state index in [9.17, 15) is 0 Å². The van der Waals surface area contributed by atoms with Crippen molar-refractivity contribution in [3.63, 3.8) is 0 Å². The Hall–Kier alpha value is -0.160. The van der Waals surface area contributed by atoms with Gasteiger partial charge in [-0.2, -0.15) is 0 Å². The van der Waals surface area contributed by atoms with Crippen LogP contribution in [0.2, 0.25) is 0 Å². The third-order valence-electron chi connectivity index (χ3n) is 4.75. The molecule has 1 heterocycles. The molecular weight excluding hydrogens is 226 g/mol. The minimum atomic E-state index is 0.00774. The monoisotopic (exact) mass is 257 g/mol. The minimum absolute atomic E-state index is 0.00774. The minimum Gasteiger partial charge on any atom is -0.383 e. The van der Waals surface area contributed by atoms with Crippen LogP contribution in [0.25, 0.3) is 0 Å². The van der Waals surface area contributed by atoms with Gasteiger partial charge in [0.25, 0.3) is 0 Å². The molecule has 1 fully saturated rings. The van der Waals surface area contributed by atoms with Crippen LogP contribution in [-0.4, -0.2) is 68.3 Å². The van der Waals surface area contributed by atoms with Crippen LogP contribution in [0.4, 0.5) is 0 Å². The maximum Gasteiger partial charge on any atom is 0.0658 e. The van der Waals surface area contributed by atoms with E-state index in [4.69, 9.17) is 10.5 Å². The van der Waals surface area contributed by atoms with E-state index in [1.807, 2.05) is 0 Å². The summed E-state index contributed by atoms with van der Waals surface area (Å²) in [7, 11) is 4.00. The van der Waals surface area contributed by atoms with Crippen molar-refractivity contribution in [3.8, 4) is 0 Å². The Balaban J connectivity index is 2.63. The normalized spacial score (nSPS) is 22.3. The molecule has 1 atom stereocenters. The van der Waals surface area contributed by atoms with Gasteiger partial charge in [-0.1, -0.05) is 13.8 Å². The lowest BCUT2D eigenvalue weighted by atomic mass is 9.90. The first-order valence-electron chi connectivity index (χ1n) is 7.27. The van der Waals surface area contributed by atoms with E-state index in [2.05, 4.69) is 30.7 Å². The Morgan fingerprint density at radius 1 is 1.33 bits per heavy atom. The average molecular weight is 257 g/mol. The van der Waals surface area contributed by atoms with E-state index in [-0.39, 0.29) is 5.54 Å². The molecule has 0 aromatic heterocycles. The Morgan fingerprint density at radius 2 is 1.94 bits per heavy atom. The molecule has 108 valence electrons. The number of likely N-dealkylation sites (tertiary alicyclic amines) is 1. The number of hydrogen-bond acceptors (Lipinski definition) is 4. The van der Waals surface area contributed by atoms with Gasteiger partial charge in [0.2, 0.25) is 0 Å². The molecule has 4 heteroatoms. The van der Waals surface area contributed by atoms with Crippen LogP contribution in [0, 0.1) is 0 Å². The maximum atomic E-state index is 6.03. The van der Waals surface area contributed by atoms with Gasteiger partial charge < -0.3 is 15.4 Å². The first-order chi connectivity index (χ1) is 8.63. The van der Waals surface area contributed by atoms with Crippen molar-refractivity contribution in [1.82, 2.24) is 9.80 Å². The van der Waals surface area contributed by atoms with Gasteiger partial charge in [-0.25, -0.2) is 0 Å². The highest BCUT2D eigenvalue weighted by Crippen LogP contribution is 2.25. The van der Waals surface area contributed by atoms with Crippen LogP contribution in [0.15, 0.2) is 0 Å². The molecule has 1 rings (SSSR count). The predicted molar refractivity (Wildman–Crippen MR) is 76.9 cm³/mol. The first-order valence-corrected chi connectivity index (χ1v) is 7.27. The Kier molecular flexibility index (Phi) is 6.57. The summed E-state index contributed by atoms with van der Waals surface area (Å²) >= 11 is 0. The van der Waals surface area contributed by atoms with Gasteiger partial charge in [0.1, 0.15) is 0 Å². The molecule has 18 heavy (non-hydrogen) atoms. The number of rotatable bonds is 7. The molecule has 2 N–H and O–H groups in total. The number of piperidine rings is 1. The summed E-state index contributed by atoms with van der Waals surface area (Å²) in [6.07, 6.45) is 3.54. The van der Waals surface area contributed by atoms with Gasteiger partial charge in [0.15, 0.2) is 0 Å². The topological polar surface area (TPSA) is 41.7 Å². The molecule has 1 aliphatic heterocycles. The molecule has 0 aromatic rings. The van der Waals surface area contributed by atoms with Gasteiger partial charge in [0, 0.05) is 19.7 Å². The quantitative estimate of drug-likeness (QED) is 0.743. The molecule has 0 aliphatic carbocycles. The summed E-state index contributed by atoms with van der Waals surface area (Å²) < 4.78 is 5.41. The molecule has 0 bridgehead atoms. The SMILES string of the molecule is CCN1CCC(N(C)C(CC)(CN)COC)CC1. The van der Waals surface area contributed by atoms with Crippen molar-refractivity contribution in [3.05, 3.63) is 0 Å². The standard InChI is InChI=1S/C14H31N3O/c1-5-14(11-15,12-18-4)16(3)13-7-9-17(6-2)10-8-13/h13H,5-12,15H2,1-4H3. The number of ether oxygens (including phenoxy) is 1. The summed E-state index contributed by atoms with van der Waals surface area (Å²) in [5, 5.41) is 0. The van der Waals surface area contributed by atoms with Gasteiger partial charge in [-0.15, -0.1) is 0 Å². The molecule has 0 radical (unpaired) electrons. The van der Waals surface area contributed by atoms with E-state index < -0.39 is 0 Å². The van der Waals surface area contributed by atoms with Crippen molar-refractivity contribution in [2.24, 2.45) is 5.73 Å². The first kappa shape index (κ1) is 15.9. The fourth-order valence-electron chi connectivity index (χ4n) is 3.08. The molecule has 0 aromatic carbocycles. The number of hydrogen-bond donors (Lipinski definition) is 1. The summed E-state index contributed by atoms with van der Waals surface area (Å²) in [6.45, 7) is 9.44. The molecule has 1 saturated heterocycles. The van der Waals surface area contributed by atoms with Crippen LogP contribution in [0.1, 0.15) is 33.1 Å². The lowest BCUT2D eigenvalue weighted by Crippen LogP contribution is -2.60. The van der Waals surface area contributed by atoms with Crippen LogP contribution in [0.3, 0.4) is 0 Å². The second-order valence-corrected chi connectivity index (χ2v) is 5.49. The van der Waals surface area contributed by atoms with Crippen molar-refractivity contribution in [2.75, 3.05) is 46.9 Å². The molecule has 0 saturated carbocycles. The van der Waals surface area contributed by atoms with E-state index in [1.165, 1.54) is 32.5 Å². The van der Waals surface area contributed by atoms with Crippen molar-refractivity contribution in [1.29, 1.82) is 0 Å². The largest absolute Gasteiger partial charge is 0.383 e. The fraction of sp³-hybridized carbons (Fsp3) is 1.00. The third-order valence-corrected chi connectivity index (χ3v) is 4.75. The molecular formula is C14H31N3O. The van der Waals surface area contributed by atoms with Gasteiger partial charge >= 0.3 is 0 Å². The molecule has 4 nitrogen and oxygen atoms in total. The Labute approximate surface area is 112 Å². The van der Waals surface area contributed by atoms with Gasteiger partial charge in [-0.3, -0.25) is 4.90 Å².